The van der Waals surface area contributed by atoms with Crippen LogP contribution in [0.5, 0.6) is 0 Å². The molecule has 0 radical (unpaired) electrons. The lowest BCUT2D eigenvalue weighted by Gasteiger charge is -2.12. The van der Waals surface area contributed by atoms with Crippen LogP contribution >= 0.6 is 0 Å². The molecular formula is C16H22N2O2S. The Hall–Kier alpha value is -1.35. The summed E-state index contributed by atoms with van der Waals surface area (Å²) in [7, 11) is -3.44. The van der Waals surface area contributed by atoms with E-state index in [0.29, 0.717) is 29.8 Å². The lowest BCUT2D eigenvalue weighted by Crippen LogP contribution is -2.29. The maximum absolute atomic E-state index is 12.3. The second-order valence-corrected chi connectivity index (χ2v) is 7.42. The van der Waals surface area contributed by atoms with Crippen LogP contribution in [0.3, 0.4) is 0 Å². The Morgan fingerprint density at radius 1 is 1.43 bits per heavy atom. The van der Waals surface area contributed by atoms with Gasteiger partial charge >= 0.3 is 0 Å². The largest absolute Gasteiger partial charge is 0.320 e. The van der Waals surface area contributed by atoms with Crippen molar-refractivity contribution >= 4 is 10.0 Å². The van der Waals surface area contributed by atoms with Crippen LogP contribution in [0.25, 0.3) is 0 Å². The van der Waals surface area contributed by atoms with Gasteiger partial charge in [0, 0.05) is 12.1 Å². The molecule has 0 saturated heterocycles. The number of aryl methyl sites for hydroxylation is 1. The molecule has 1 fully saturated rings. The predicted octanol–water partition coefficient (Wildman–Crippen LogP) is 1.63. The number of rotatable bonds is 5. The Kier molecular flexibility index (Phi) is 5.04. The summed E-state index contributed by atoms with van der Waals surface area (Å²) in [5, 5.41) is 0. The van der Waals surface area contributed by atoms with Crippen molar-refractivity contribution < 1.29 is 8.42 Å². The quantitative estimate of drug-likeness (QED) is 0.812. The molecule has 3 N–H and O–H groups in total. The second kappa shape index (κ2) is 6.61. The van der Waals surface area contributed by atoms with Crippen LogP contribution in [0, 0.1) is 30.6 Å². The minimum absolute atomic E-state index is 0.292. The molecule has 0 heterocycles. The zero-order valence-corrected chi connectivity index (χ0v) is 13.3. The van der Waals surface area contributed by atoms with E-state index >= 15 is 0 Å². The van der Waals surface area contributed by atoms with Gasteiger partial charge in [-0.1, -0.05) is 18.8 Å². The minimum Gasteiger partial charge on any atom is -0.320 e. The van der Waals surface area contributed by atoms with E-state index in [0.717, 1.165) is 11.1 Å². The van der Waals surface area contributed by atoms with Gasteiger partial charge in [0.1, 0.15) is 0 Å². The lowest BCUT2D eigenvalue weighted by molar-refractivity contribution is 0.492. The maximum Gasteiger partial charge on any atom is 0.240 e. The van der Waals surface area contributed by atoms with Gasteiger partial charge < -0.3 is 5.73 Å². The molecule has 1 atom stereocenters. The second-order valence-electron chi connectivity index (χ2n) is 5.65. The molecule has 0 amide bonds. The van der Waals surface area contributed by atoms with Gasteiger partial charge in [0.05, 0.1) is 11.4 Å². The van der Waals surface area contributed by atoms with E-state index in [2.05, 4.69) is 23.5 Å². The third-order valence-electron chi connectivity index (χ3n) is 3.86. The van der Waals surface area contributed by atoms with Crippen LogP contribution in [0.2, 0.25) is 0 Å². The number of benzene rings is 1. The summed E-state index contributed by atoms with van der Waals surface area (Å²) in [5.74, 6) is 6.79. The SMILES string of the molecule is Cc1cc(S(=O)(=O)NCC(C)C2CC2)ccc1C#CCN. The first-order valence-corrected chi connectivity index (χ1v) is 8.71. The fraction of sp³-hybridized carbons (Fsp3) is 0.500. The van der Waals surface area contributed by atoms with Crippen molar-refractivity contribution in [2.45, 2.75) is 31.6 Å². The lowest BCUT2D eigenvalue weighted by atomic mass is 10.1. The van der Waals surface area contributed by atoms with Crippen molar-refractivity contribution in [3.63, 3.8) is 0 Å². The van der Waals surface area contributed by atoms with Gasteiger partial charge in [-0.3, -0.25) is 0 Å². The fourth-order valence-electron chi connectivity index (χ4n) is 2.25. The summed E-state index contributed by atoms with van der Waals surface area (Å²) in [6, 6.07) is 4.99. The standard InChI is InChI=1S/C16H22N2O2S/c1-12-10-16(8-7-14(12)4-3-9-17)21(19,20)18-11-13(2)15-5-6-15/h7-8,10,13,15,18H,5-6,9,11,17H2,1-2H3. The summed E-state index contributed by atoms with van der Waals surface area (Å²) in [6.45, 7) is 4.74. The van der Waals surface area contributed by atoms with Crippen LogP contribution in [-0.2, 0) is 10.0 Å². The summed E-state index contributed by atoms with van der Waals surface area (Å²) < 4.78 is 27.3. The van der Waals surface area contributed by atoms with Gasteiger partial charge in [0.15, 0.2) is 0 Å². The maximum atomic E-state index is 12.3. The molecule has 0 spiro atoms. The Morgan fingerprint density at radius 3 is 2.71 bits per heavy atom. The molecule has 1 aliphatic rings. The summed E-state index contributed by atoms with van der Waals surface area (Å²) in [6.07, 6.45) is 2.44. The van der Waals surface area contributed by atoms with Gasteiger partial charge in [0.25, 0.3) is 0 Å². The molecule has 114 valence electrons. The van der Waals surface area contributed by atoms with Gasteiger partial charge in [-0.05, 0) is 55.4 Å². The molecule has 1 aliphatic carbocycles. The van der Waals surface area contributed by atoms with Crippen LogP contribution in [0.1, 0.15) is 30.9 Å². The van der Waals surface area contributed by atoms with E-state index in [4.69, 9.17) is 5.73 Å². The van der Waals surface area contributed by atoms with E-state index < -0.39 is 10.0 Å². The predicted molar refractivity (Wildman–Crippen MR) is 84.2 cm³/mol. The van der Waals surface area contributed by atoms with Crippen LogP contribution in [0.4, 0.5) is 0 Å². The third kappa shape index (κ3) is 4.31. The highest BCUT2D eigenvalue weighted by Crippen LogP contribution is 2.36. The Balaban J connectivity index is 2.10. The highest BCUT2D eigenvalue weighted by molar-refractivity contribution is 7.89. The van der Waals surface area contributed by atoms with Crippen LogP contribution in [-0.4, -0.2) is 21.5 Å². The van der Waals surface area contributed by atoms with Gasteiger partial charge in [0.2, 0.25) is 10.0 Å². The van der Waals surface area contributed by atoms with Crippen molar-refractivity contribution in [1.29, 1.82) is 0 Å². The number of hydrogen-bond donors (Lipinski definition) is 2. The number of nitrogens with one attached hydrogen (secondary N) is 1. The first kappa shape index (κ1) is 16.0. The Morgan fingerprint density at radius 2 is 2.14 bits per heavy atom. The zero-order chi connectivity index (χ0) is 15.5. The molecule has 1 saturated carbocycles. The van der Waals surface area contributed by atoms with E-state index in [1.165, 1.54) is 12.8 Å². The molecule has 1 unspecified atom stereocenters. The topological polar surface area (TPSA) is 72.2 Å². The number of sulfonamides is 1. The minimum atomic E-state index is -3.44. The fourth-order valence-corrected chi connectivity index (χ4v) is 3.47. The molecule has 0 bridgehead atoms. The van der Waals surface area contributed by atoms with E-state index in [9.17, 15) is 8.42 Å². The van der Waals surface area contributed by atoms with E-state index in [1.54, 1.807) is 18.2 Å². The summed E-state index contributed by atoms with van der Waals surface area (Å²) >= 11 is 0. The van der Waals surface area contributed by atoms with Gasteiger partial charge in [-0.2, -0.15) is 0 Å². The van der Waals surface area contributed by atoms with Crippen molar-refractivity contribution in [1.82, 2.24) is 4.72 Å². The highest BCUT2D eigenvalue weighted by Gasteiger charge is 2.28. The Bertz CT molecular complexity index is 667. The molecule has 5 heteroatoms. The molecule has 0 aliphatic heterocycles. The van der Waals surface area contributed by atoms with Gasteiger partial charge in [-0.15, -0.1) is 0 Å². The first-order chi connectivity index (χ1) is 9.94. The Labute approximate surface area is 127 Å². The average Bonchev–Trinajstić information content (AvgIpc) is 3.28. The molecule has 4 nitrogen and oxygen atoms in total. The molecule has 21 heavy (non-hydrogen) atoms. The molecule has 1 aromatic rings. The van der Waals surface area contributed by atoms with Crippen LogP contribution in [0.15, 0.2) is 23.1 Å². The third-order valence-corrected chi connectivity index (χ3v) is 5.28. The van der Waals surface area contributed by atoms with Crippen LogP contribution < -0.4 is 10.5 Å². The summed E-state index contributed by atoms with van der Waals surface area (Å²) in [5.41, 5.74) is 7.00. The van der Waals surface area contributed by atoms with Crippen molar-refractivity contribution in [3.05, 3.63) is 29.3 Å². The van der Waals surface area contributed by atoms with Crippen molar-refractivity contribution in [2.75, 3.05) is 13.1 Å². The van der Waals surface area contributed by atoms with E-state index in [1.807, 2.05) is 6.92 Å². The zero-order valence-electron chi connectivity index (χ0n) is 12.5. The first-order valence-electron chi connectivity index (χ1n) is 7.23. The molecule has 1 aromatic carbocycles. The normalized spacial score (nSPS) is 16.1. The summed E-state index contributed by atoms with van der Waals surface area (Å²) in [4.78, 5) is 0.293. The number of hydrogen-bond acceptors (Lipinski definition) is 3. The molecule has 2 rings (SSSR count). The molecule has 0 aromatic heterocycles. The number of nitrogens with two attached hydrogens (primary N) is 1. The smallest absolute Gasteiger partial charge is 0.240 e. The van der Waals surface area contributed by atoms with E-state index in [-0.39, 0.29) is 0 Å². The highest BCUT2D eigenvalue weighted by atomic mass is 32.2. The monoisotopic (exact) mass is 306 g/mol. The van der Waals surface area contributed by atoms with Crippen molar-refractivity contribution in [2.24, 2.45) is 17.6 Å². The van der Waals surface area contributed by atoms with Crippen molar-refractivity contribution in [3.8, 4) is 11.8 Å². The molecular weight excluding hydrogens is 284 g/mol. The van der Waals surface area contributed by atoms with Gasteiger partial charge in [-0.25, -0.2) is 13.1 Å². The average molecular weight is 306 g/mol.